The van der Waals surface area contributed by atoms with E-state index in [2.05, 4.69) is 54.7 Å². The molecule has 0 atom stereocenters. The molecule has 0 bridgehead atoms. The highest BCUT2D eigenvalue weighted by atomic mass is 16.5. The standard InChI is InChI=1S/C18H21N3O/c1-13-8-7-11-21-15(12-20(2)3)17(19-18(13)21)14-9-5-6-10-16(14)22-4/h5-11H,12H2,1-4H3. The Kier molecular flexibility index (Phi) is 3.86. The Morgan fingerprint density at radius 1 is 1.14 bits per heavy atom. The number of pyridine rings is 1. The van der Waals surface area contributed by atoms with Crippen molar-refractivity contribution in [3.05, 3.63) is 53.9 Å². The highest BCUT2D eigenvalue weighted by Gasteiger charge is 2.18. The molecule has 1 aromatic carbocycles. The topological polar surface area (TPSA) is 29.8 Å². The van der Waals surface area contributed by atoms with Gasteiger partial charge in [-0.3, -0.25) is 0 Å². The molecular weight excluding hydrogens is 274 g/mol. The molecule has 0 amide bonds. The van der Waals surface area contributed by atoms with E-state index < -0.39 is 0 Å². The van der Waals surface area contributed by atoms with Crippen LogP contribution in [-0.4, -0.2) is 35.5 Å². The third kappa shape index (κ3) is 2.46. The molecule has 0 saturated heterocycles. The molecule has 0 unspecified atom stereocenters. The molecule has 2 heterocycles. The minimum Gasteiger partial charge on any atom is -0.496 e. The fourth-order valence-corrected chi connectivity index (χ4v) is 2.76. The number of nitrogens with zero attached hydrogens (tertiary/aromatic N) is 3. The number of rotatable bonds is 4. The molecule has 2 aromatic heterocycles. The second-order valence-corrected chi connectivity index (χ2v) is 5.73. The van der Waals surface area contributed by atoms with Gasteiger partial charge in [0.15, 0.2) is 0 Å². The zero-order chi connectivity index (χ0) is 15.7. The number of methoxy groups -OCH3 is 1. The van der Waals surface area contributed by atoms with E-state index in [1.54, 1.807) is 7.11 Å². The Morgan fingerprint density at radius 2 is 1.91 bits per heavy atom. The maximum absolute atomic E-state index is 5.52. The molecule has 0 aliphatic carbocycles. The lowest BCUT2D eigenvalue weighted by molar-refractivity contribution is 0.395. The second-order valence-electron chi connectivity index (χ2n) is 5.73. The number of ether oxygens (including phenoxy) is 1. The highest BCUT2D eigenvalue weighted by Crippen LogP contribution is 2.33. The van der Waals surface area contributed by atoms with E-state index in [1.165, 1.54) is 11.3 Å². The normalized spacial score (nSPS) is 11.3. The van der Waals surface area contributed by atoms with Gasteiger partial charge in [-0.15, -0.1) is 0 Å². The van der Waals surface area contributed by atoms with Crippen LogP contribution in [-0.2, 0) is 6.54 Å². The van der Waals surface area contributed by atoms with E-state index in [0.29, 0.717) is 0 Å². The van der Waals surface area contributed by atoms with Crippen LogP contribution in [0.2, 0.25) is 0 Å². The molecule has 3 aromatic rings. The van der Waals surface area contributed by atoms with Gasteiger partial charge in [-0.05, 0) is 44.8 Å². The van der Waals surface area contributed by atoms with Crippen LogP contribution in [0, 0.1) is 6.92 Å². The molecular formula is C18H21N3O. The fraction of sp³-hybridized carbons (Fsp3) is 0.278. The summed E-state index contributed by atoms with van der Waals surface area (Å²) in [4.78, 5) is 7.06. The van der Waals surface area contributed by atoms with Gasteiger partial charge in [-0.2, -0.15) is 0 Å². The minimum atomic E-state index is 0.817. The largest absolute Gasteiger partial charge is 0.496 e. The van der Waals surface area contributed by atoms with Crippen LogP contribution in [0.3, 0.4) is 0 Å². The van der Waals surface area contributed by atoms with Crippen molar-refractivity contribution in [2.75, 3.05) is 21.2 Å². The van der Waals surface area contributed by atoms with Gasteiger partial charge in [0.1, 0.15) is 11.4 Å². The zero-order valence-corrected chi connectivity index (χ0v) is 13.5. The Morgan fingerprint density at radius 3 is 2.64 bits per heavy atom. The first kappa shape index (κ1) is 14.6. The highest BCUT2D eigenvalue weighted by molar-refractivity contribution is 5.73. The Labute approximate surface area is 131 Å². The predicted molar refractivity (Wildman–Crippen MR) is 89.3 cm³/mol. The van der Waals surface area contributed by atoms with Gasteiger partial charge < -0.3 is 14.0 Å². The van der Waals surface area contributed by atoms with Crippen molar-refractivity contribution >= 4 is 5.65 Å². The lowest BCUT2D eigenvalue weighted by Gasteiger charge is -2.13. The van der Waals surface area contributed by atoms with Crippen LogP contribution in [0.1, 0.15) is 11.3 Å². The minimum absolute atomic E-state index is 0.817. The number of aryl methyl sites for hydroxylation is 1. The van der Waals surface area contributed by atoms with Gasteiger partial charge >= 0.3 is 0 Å². The molecule has 22 heavy (non-hydrogen) atoms. The van der Waals surface area contributed by atoms with Crippen LogP contribution in [0.4, 0.5) is 0 Å². The van der Waals surface area contributed by atoms with Crippen LogP contribution in [0.5, 0.6) is 5.75 Å². The average Bonchev–Trinajstić information content (AvgIpc) is 2.87. The van der Waals surface area contributed by atoms with E-state index in [0.717, 1.165) is 29.2 Å². The summed E-state index contributed by atoms with van der Waals surface area (Å²) in [5, 5.41) is 0. The SMILES string of the molecule is COc1ccccc1-c1nc2c(C)cccn2c1CN(C)C. The van der Waals surface area contributed by atoms with E-state index in [4.69, 9.17) is 9.72 Å². The van der Waals surface area contributed by atoms with Crippen molar-refractivity contribution in [2.45, 2.75) is 13.5 Å². The average molecular weight is 295 g/mol. The molecule has 0 spiro atoms. The molecule has 0 aliphatic heterocycles. The van der Waals surface area contributed by atoms with Crippen molar-refractivity contribution in [1.29, 1.82) is 0 Å². The van der Waals surface area contributed by atoms with Gasteiger partial charge in [0.25, 0.3) is 0 Å². The van der Waals surface area contributed by atoms with Crippen molar-refractivity contribution in [2.24, 2.45) is 0 Å². The van der Waals surface area contributed by atoms with E-state index >= 15 is 0 Å². The smallest absolute Gasteiger partial charge is 0.140 e. The Balaban J connectivity index is 2.30. The third-order valence-electron chi connectivity index (χ3n) is 3.77. The number of fused-ring (bicyclic) bond motifs is 1. The molecule has 0 aliphatic rings. The zero-order valence-electron chi connectivity index (χ0n) is 13.5. The first-order chi connectivity index (χ1) is 10.6. The second kappa shape index (κ2) is 5.81. The lowest BCUT2D eigenvalue weighted by atomic mass is 10.1. The van der Waals surface area contributed by atoms with Gasteiger partial charge in [0.05, 0.1) is 18.5 Å². The summed E-state index contributed by atoms with van der Waals surface area (Å²) in [7, 11) is 5.84. The molecule has 4 nitrogen and oxygen atoms in total. The molecule has 0 saturated carbocycles. The molecule has 0 fully saturated rings. The molecule has 3 rings (SSSR count). The van der Waals surface area contributed by atoms with Crippen molar-refractivity contribution < 1.29 is 4.74 Å². The molecule has 4 heteroatoms. The summed E-state index contributed by atoms with van der Waals surface area (Å²) in [5.74, 6) is 0.851. The Hall–Kier alpha value is -2.33. The molecule has 0 N–H and O–H groups in total. The number of para-hydroxylation sites is 1. The van der Waals surface area contributed by atoms with E-state index in [9.17, 15) is 0 Å². The monoisotopic (exact) mass is 295 g/mol. The third-order valence-corrected chi connectivity index (χ3v) is 3.77. The number of imidazole rings is 1. The maximum Gasteiger partial charge on any atom is 0.140 e. The summed E-state index contributed by atoms with van der Waals surface area (Å²) < 4.78 is 7.70. The maximum atomic E-state index is 5.52. The van der Waals surface area contributed by atoms with Crippen LogP contribution >= 0.6 is 0 Å². The lowest BCUT2D eigenvalue weighted by Crippen LogP contribution is -2.13. The quantitative estimate of drug-likeness (QED) is 0.739. The fourth-order valence-electron chi connectivity index (χ4n) is 2.76. The Bertz CT molecular complexity index is 805. The summed E-state index contributed by atoms with van der Waals surface area (Å²) in [6.45, 7) is 2.91. The number of hydrogen-bond acceptors (Lipinski definition) is 3. The molecule has 0 radical (unpaired) electrons. The predicted octanol–water partition coefficient (Wildman–Crippen LogP) is 3.38. The first-order valence-electron chi connectivity index (χ1n) is 7.36. The van der Waals surface area contributed by atoms with Crippen molar-refractivity contribution in [1.82, 2.24) is 14.3 Å². The van der Waals surface area contributed by atoms with Crippen LogP contribution in [0.25, 0.3) is 16.9 Å². The summed E-state index contributed by atoms with van der Waals surface area (Å²) in [5.41, 5.74) is 5.36. The number of benzene rings is 1. The van der Waals surface area contributed by atoms with Gasteiger partial charge in [-0.1, -0.05) is 18.2 Å². The number of aromatic nitrogens is 2. The van der Waals surface area contributed by atoms with Crippen molar-refractivity contribution in [3.8, 4) is 17.0 Å². The first-order valence-corrected chi connectivity index (χ1v) is 7.36. The van der Waals surface area contributed by atoms with Gasteiger partial charge in [0.2, 0.25) is 0 Å². The van der Waals surface area contributed by atoms with E-state index in [1.807, 2.05) is 18.2 Å². The van der Waals surface area contributed by atoms with Gasteiger partial charge in [-0.25, -0.2) is 4.98 Å². The van der Waals surface area contributed by atoms with E-state index in [-0.39, 0.29) is 0 Å². The summed E-state index contributed by atoms with van der Waals surface area (Å²) in [6.07, 6.45) is 2.08. The summed E-state index contributed by atoms with van der Waals surface area (Å²) >= 11 is 0. The molecule has 114 valence electrons. The summed E-state index contributed by atoms with van der Waals surface area (Å²) in [6, 6.07) is 12.2. The van der Waals surface area contributed by atoms with Gasteiger partial charge in [0, 0.05) is 18.3 Å². The van der Waals surface area contributed by atoms with Crippen molar-refractivity contribution in [3.63, 3.8) is 0 Å². The number of hydrogen-bond donors (Lipinski definition) is 0. The van der Waals surface area contributed by atoms with Crippen LogP contribution in [0.15, 0.2) is 42.6 Å². The van der Waals surface area contributed by atoms with Crippen LogP contribution < -0.4 is 4.74 Å².